The molecule has 1 aromatic rings. The van der Waals surface area contributed by atoms with Gasteiger partial charge in [0.05, 0.1) is 6.61 Å². The van der Waals surface area contributed by atoms with E-state index >= 15 is 0 Å². The summed E-state index contributed by atoms with van der Waals surface area (Å²) in [5.74, 6) is 0.589. The molecular weight excluding hydrogens is 296 g/mol. The zero-order chi connectivity index (χ0) is 13.4. The summed E-state index contributed by atoms with van der Waals surface area (Å²) < 4.78 is 6.68. The fourth-order valence-corrected chi connectivity index (χ4v) is 1.88. The van der Waals surface area contributed by atoms with E-state index in [0.717, 1.165) is 22.2 Å². The van der Waals surface area contributed by atoms with Crippen molar-refractivity contribution in [3.8, 4) is 5.75 Å². The molecule has 1 aromatic carbocycles. The molecular formula is C13H19BrN2O2. The van der Waals surface area contributed by atoms with Gasteiger partial charge in [0.1, 0.15) is 5.75 Å². The van der Waals surface area contributed by atoms with Gasteiger partial charge in [-0.05, 0) is 24.6 Å². The molecule has 0 fully saturated rings. The third-order valence-corrected chi connectivity index (χ3v) is 2.84. The lowest BCUT2D eigenvalue weighted by atomic mass is 10.2. The second-order valence-electron chi connectivity index (χ2n) is 3.99. The van der Waals surface area contributed by atoms with Crippen LogP contribution in [0.3, 0.4) is 0 Å². The zero-order valence-electron chi connectivity index (χ0n) is 10.5. The molecule has 3 N–H and O–H groups in total. The summed E-state index contributed by atoms with van der Waals surface area (Å²) in [5.41, 5.74) is 6.15. The van der Waals surface area contributed by atoms with Crippen LogP contribution in [0.5, 0.6) is 5.75 Å². The average molecular weight is 315 g/mol. The van der Waals surface area contributed by atoms with Crippen LogP contribution in [0, 0.1) is 0 Å². The van der Waals surface area contributed by atoms with E-state index in [0.29, 0.717) is 26.1 Å². The van der Waals surface area contributed by atoms with Crippen molar-refractivity contribution in [2.45, 2.75) is 26.3 Å². The third-order valence-electron chi connectivity index (χ3n) is 2.35. The Labute approximate surface area is 116 Å². The van der Waals surface area contributed by atoms with E-state index in [1.807, 2.05) is 18.2 Å². The number of primary amides is 1. The van der Waals surface area contributed by atoms with E-state index in [2.05, 4.69) is 28.2 Å². The normalized spacial score (nSPS) is 10.3. The van der Waals surface area contributed by atoms with Crippen LogP contribution in [0.25, 0.3) is 0 Å². The van der Waals surface area contributed by atoms with Crippen molar-refractivity contribution in [1.82, 2.24) is 5.32 Å². The molecule has 4 nitrogen and oxygen atoms in total. The summed E-state index contributed by atoms with van der Waals surface area (Å²) in [4.78, 5) is 10.6. The van der Waals surface area contributed by atoms with Crippen LogP contribution in [0.2, 0.25) is 0 Å². The Kier molecular flexibility index (Phi) is 6.75. The van der Waals surface area contributed by atoms with Gasteiger partial charge in [-0.1, -0.05) is 22.9 Å². The molecule has 0 atom stereocenters. The summed E-state index contributed by atoms with van der Waals surface area (Å²) in [6, 6.07) is 5.92. The second-order valence-corrected chi connectivity index (χ2v) is 4.91. The predicted octanol–water partition coefficient (Wildman–Crippen LogP) is 2.20. The van der Waals surface area contributed by atoms with Crippen LogP contribution in [0.15, 0.2) is 22.7 Å². The van der Waals surface area contributed by atoms with Gasteiger partial charge < -0.3 is 15.8 Å². The molecule has 100 valence electrons. The topological polar surface area (TPSA) is 64.3 Å². The molecule has 0 radical (unpaired) electrons. The van der Waals surface area contributed by atoms with Gasteiger partial charge >= 0.3 is 0 Å². The van der Waals surface area contributed by atoms with E-state index < -0.39 is 0 Å². The lowest BCUT2D eigenvalue weighted by molar-refractivity contribution is -0.117. The van der Waals surface area contributed by atoms with Crippen LogP contribution < -0.4 is 15.8 Å². The molecule has 0 aromatic heterocycles. The first kappa shape index (κ1) is 15.0. The van der Waals surface area contributed by atoms with Crippen molar-refractivity contribution in [3.63, 3.8) is 0 Å². The molecule has 0 aliphatic carbocycles. The Morgan fingerprint density at radius 2 is 2.28 bits per heavy atom. The van der Waals surface area contributed by atoms with Crippen LogP contribution in [0.4, 0.5) is 0 Å². The molecule has 0 saturated heterocycles. The fourth-order valence-electron chi connectivity index (χ4n) is 1.47. The SMILES string of the molecule is CCCOc1ccc(Br)cc1CNCCC(N)=O. The van der Waals surface area contributed by atoms with E-state index in [1.165, 1.54) is 0 Å². The Morgan fingerprint density at radius 1 is 1.50 bits per heavy atom. The number of hydrogen-bond acceptors (Lipinski definition) is 3. The minimum atomic E-state index is -0.292. The number of halogens is 1. The maximum atomic E-state index is 10.6. The Hall–Kier alpha value is -1.07. The lowest BCUT2D eigenvalue weighted by Crippen LogP contribution is -2.21. The van der Waals surface area contributed by atoms with Gasteiger partial charge in [0.25, 0.3) is 0 Å². The van der Waals surface area contributed by atoms with Gasteiger partial charge in [0.2, 0.25) is 5.91 Å². The highest BCUT2D eigenvalue weighted by molar-refractivity contribution is 9.10. The molecule has 1 rings (SSSR count). The van der Waals surface area contributed by atoms with Crippen LogP contribution in [0.1, 0.15) is 25.3 Å². The van der Waals surface area contributed by atoms with Crippen LogP contribution in [-0.2, 0) is 11.3 Å². The van der Waals surface area contributed by atoms with Gasteiger partial charge in [-0.15, -0.1) is 0 Å². The highest BCUT2D eigenvalue weighted by Crippen LogP contribution is 2.23. The highest BCUT2D eigenvalue weighted by Gasteiger charge is 2.04. The van der Waals surface area contributed by atoms with Crippen LogP contribution in [-0.4, -0.2) is 19.1 Å². The monoisotopic (exact) mass is 314 g/mol. The minimum absolute atomic E-state index is 0.292. The summed E-state index contributed by atoms with van der Waals surface area (Å²) in [6.45, 7) is 4.01. The van der Waals surface area contributed by atoms with Crippen molar-refractivity contribution in [1.29, 1.82) is 0 Å². The minimum Gasteiger partial charge on any atom is -0.493 e. The van der Waals surface area contributed by atoms with Crippen molar-refractivity contribution in [2.24, 2.45) is 5.73 Å². The van der Waals surface area contributed by atoms with E-state index in [4.69, 9.17) is 10.5 Å². The molecule has 18 heavy (non-hydrogen) atoms. The van der Waals surface area contributed by atoms with Gasteiger partial charge in [0, 0.05) is 29.5 Å². The maximum absolute atomic E-state index is 10.6. The molecule has 0 heterocycles. The first-order valence-corrected chi connectivity index (χ1v) is 6.83. The second kappa shape index (κ2) is 8.11. The summed E-state index contributed by atoms with van der Waals surface area (Å²) in [6.07, 6.45) is 1.32. The summed E-state index contributed by atoms with van der Waals surface area (Å²) in [5, 5.41) is 3.18. The van der Waals surface area contributed by atoms with Gasteiger partial charge in [-0.25, -0.2) is 0 Å². The number of nitrogens with one attached hydrogen (secondary N) is 1. The van der Waals surface area contributed by atoms with Gasteiger partial charge in [0.15, 0.2) is 0 Å². The third kappa shape index (κ3) is 5.51. The van der Waals surface area contributed by atoms with Gasteiger partial charge in [-0.2, -0.15) is 0 Å². The molecule has 0 aliphatic heterocycles. The number of benzene rings is 1. The number of rotatable bonds is 8. The molecule has 0 aliphatic rings. The quantitative estimate of drug-likeness (QED) is 0.723. The standard InChI is InChI=1S/C13H19BrN2O2/c1-2-7-18-12-4-3-11(14)8-10(12)9-16-6-5-13(15)17/h3-4,8,16H,2,5-7,9H2,1H3,(H2,15,17). The smallest absolute Gasteiger partial charge is 0.218 e. The van der Waals surface area contributed by atoms with E-state index in [1.54, 1.807) is 0 Å². The van der Waals surface area contributed by atoms with Crippen LogP contribution >= 0.6 is 15.9 Å². The number of hydrogen-bond donors (Lipinski definition) is 2. The zero-order valence-corrected chi connectivity index (χ0v) is 12.1. The Bertz CT molecular complexity index is 397. The number of ether oxygens (including phenoxy) is 1. The van der Waals surface area contributed by atoms with Gasteiger partial charge in [-0.3, -0.25) is 4.79 Å². The fraction of sp³-hybridized carbons (Fsp3) is 0.462. The van der Waals surface area contributed by atoms with E-state index in [9.17, 15) is 4.79 Å². The number of carbonyl (C=O) groups excluding carboxylic acids is 1. The van der Waals surface area contributed by atoms with Crippen molar-refractivity contribution < 1.29 is 9.53 Å². The molecule has 1 amide bonds. The first-order chi connectivity index (χ1) is 8.63. The first-order valence-electron chi connectivity index (χ1n) is 6.03. The summed E-state index contributed by atoms with van der Waals surface area (Å²) >= 11 is 3.44. The number of amides is 1. The predicted molar refractivity (Wildman–Crippen MR) is 75.4 cm³/mol. The number of nitrogens with two attached hydrogens (primary N) is 1. The molecule has 0 unspecified atom stereocenters. The van der Waals surface area contributed by atoms with Crippen molar-refractivity contribution in [3.05, 3.63) is 28.2 Å². The highest BCUT2D eigenvalue weighted by atomic mass is 79.9. The molecule has 0 saturated carbocycles. The largest absolute Gasteiger partial charge is 0.493 e. The van der Waals surface area contributed by atoms with E-state index in [-0.39, 0.29) is 5.91 Å². The molecule has 0 spiro atoms. The Morgan fingerprint density at radius 3 is 2.94 bits per heavy atom. The molecule has 5 heteroatoms. The summed E-state index contributed by atoms with van der Waals surface area (Å²) in [7, 11) is 0. The van der Waals surface area contributed by atoms with Crippen molar-refractivity contribution >= 4 is 21.8 Å². The lowest BCUT2D eigenvalue weighted by Gasteiger charge is -2.12. The maximum Gasteiger partial charge on any atom is 0.218 e. The Balaban J connectivity index is 2.55. The number of carbonyl (C=O) groups is 1. The van der Waals surface area contributed by atoms with Crippen molar-refractivity contribution in [2.75, 3.05) is 13.2 Å². The average Bonchev–Trinajstić information content (AvgIpc) is 2.33. The molecule has 0 bridgehead atoms.